The number of imidazole rings is 1. The van der Waals surface area contributed by atoms with Crippen LogP contribution < -0.4 is 5.48 Å². The van der Waals surface area contributed by atoms with E-state index in [9.17, 15) is 0 Å². The highest BCUT2D eigenvalue weighted by Crippen LogP contribution is 1.93. The molecule has 0 saturated carbocycles. The predicted molar refractivity (Wildman–Crippen MR) is 52.8 cm³/mol. The number of rotatable bonds is 7. The van der Waals surface area contributed by atoms with Crippen LogP contribution in [0.25, 0.3) is 0 Å². The van der Waals surface area contributed by atoms with Gasteiger partial charge in [0.05, 0.1) is 13.2 Å². The van der Waals surface area contributed by atoms with Crippen LogP contribution in [-0.2, 0) is 16.1 Å². The van der Waals surface area contributed by atoms with E-state index < -0.39 is 0 Å². The van der Waals surface area contributed by atoms with Crippen LogP contribution in [0.15, 0.2) is 12.4 Å². The van der Waals surface area contributed by atoms with Gasteiger partial charge in [0.15, 0.2) is 0 Å². The van der Waals surface area contributed by atoms with Crippen LogP contribution in [0.3, 0.4) is 0 Å². The van der Waals surface area contributed by atoms with Crippen molar-refractivity contribution in [2.45, 2.75) is 13.5 Å². The molecule has 0 aliphatic carbocycles. The van der Waals surface area contributed by atoms with Gasteiger partial charge in [-0.3, -0.25) is 4.84 Å². The number of ether oxygens (including phenoxy) is 1. The van der Waals surface area contributed by atoms with E-state index in [1.807, 2.05) is 13.1 Å². The van der Waals surface area contributed by atoms with Crippen molar-refractivity contribution in [1.29, 1.82) is 0 Å². The first-order valence-corrected chi connectivity index (χ1v) is 4.66. The van der Waals surface area contributed by atoms with Gasteiger partial charge in [0, 0.05) is 32.6 Å². The Bertz CT molecular complexity index is 250. The minimum Gasteiger partial charge on any atom is -0.382 e. The van der Waals surface area contributed by atoms with E-state index in [4.69, 9.17) is 9.57 Å². The Kier molecular flexibility index (Phi) is 5.21. The third kappa shape index (κ3) is 3.87. The Morgan fingerprint density at radius 2 is 2.36 bits per heavy atom. The maximum atomic E-state index is 5.10. The number of nitrogens with zero attached hydrogens (tertiary/aromatic N) is 2. The summed E-state index contributed by atoms with van der Waals surface area (Å²) in [5.41, 5.74) is 2.86. The molecule has 0 fully saturated rings. The molecule has 1 rings (SSSR count). The molecule has 0 spiro atoms. The summed E-state index contributed by atoms with van der Waals surface area (Å²) in [5, 5.41) is 0. The monoisotopic (exact) mass is 199 g/mol. The van der Waals surface area contributed by atoms with Gasteiger partial charge in [0.2, 0.25) is 0 Å². The van der Waals surface area contributed by atoms with Crippen molar-refractivity contribution in [1.82, 2.24) is 15.0 Å². The van der Waals surface area contributed by atoms with E-state index >= 15 is 0 Å². The molecule has 0 atom stereocenters. The fourth-order valence-electron chi connectivity index (χ4n) is 1.08. The predicted octanol–water partition coefficient (Wildman–Crippen LogP) is 0.359. The van der Waals surface area contributed by atoms with Crippen LogP contribution in [0.2, 0.25) is 0 Å². The lowest BCUT2D eigenvalue weighted by Crippen LogP contribution is -2.22. The first kappa shape index (κ1) is 11.2. The maximum Gasteiger partial charge on any atom is 0.105 e. The summed E-state index contributed by atoms with van der Waals surface area (Å²) in [6, 6.07) is 0. The molecular formula is C9H17N3O2. The van der Waals surface area contributed by atoms with Crippen molar-refractivity contribution in [2.24, 2.45) is 0 Å². The fraction of sp³-hybridized carbons (Fsp3) is 0.667. The summed E-state index contributed by atoms with van der Waals surface area (Å²) in [4.78, 5) is 9.22. The maximum absolute atomic E-state index is 5.10. The third-order valence-electron chi connectivity index (χ3n) is 1.87. The highest BCUT2D eigenvalue weighted by atomic mass is 16.7. The lowest BCUT2D eigenvalue weighted by Gasteiger charge is -2.06. The molecule has 14 heavy (non-hydrogen) atoms. The second kappa shape index (κ2) is 6.53. The standard InChI is InChI=1S/C9H17N3O2/c1-9-10-3-5-12(9)6-4-11-14-8-7-13-2/h3,5,11H,4,6-8H2,1-2H3. The molecule has 1 aromatic heterocycles. The van der Waals surface area contributed by atoms with E-state index in [0.717, 1.165) is 18.9 Å². The minimum atomic E-state index is 0.569. The summed E-state index contributed by atoms with van der Waals surface area (Å²) >= 11 is 0. The molecule has 1 N–H and O–H groups in total. The Labute approximate surface area is 84.0 Å². The van der Waals surface area contributed by atoms with Gasteiger partial charge in [0.25, 0.3) is 0 Å². The summed E-state index contributed by atoms with van der Waals surface area (Å²) in [7, 11) is 1.65. The van der Waals surface area contributed by atoms with E-state index in [2.05, 4.69) is 15.0 Å². The summed E-state index contributed by atoms with van der Waals surface area (Å²) < 4.78 is 6.90. The number of methoxy groups -OCH3 is 1. The SMILES string of the molecule is COCCONCCn1ccnc1C. The minimum absolute atomic E-state index is 0.569. The largest absolute Gasteiger partial charge is 0.382 e. The van der Waals surface area contributed by atoms with Crippen molar-refractivity contribution in [3.63, 3.8) is 0 Å². The average molecular weight is 199 g/mol. The van der Waals surface area contributed by atoms with Gasteiger partial charge < -0.3 is 9.30 Å². The first-order valence-electron chi connectivity index (χ1n) is 4.66. The average Bonchev–Trinajstić information content (AvgIpc) is 2.58. The van der Waals surface area contributed by atoms with Gasteiger partial charge >= 0.3 is 0 Å². The Hall–Kier alpha value is -0.910. The third-order valence-corrected chi connectivity index (χ3v) is 1.87. The molecule has 0 saturated heterocycles. The number of nitrogens with one attached hydrogen (secondary N) is 1. The van der Waals surface area contributed by atoms with Crippen LogP contribution in [0.1, 0.15) is 5.82 Å². The van der Waals surface area contributed by atoms with Gasteiger partial charge in [-0.2, -0.15) is 0 Å². The zero-order valence-corrected chi connectivity index (χ0v) is 8.69. The quantitative estimate of drug-likeness (QED) is 0.509. The van der Waals surface area contributed by atoms with E-state index in [1.54, 1.807) is 13.3 Å². The van der Waals surface area contributed by atoms with Crippen molar-refractivity contribution < 1.29 is 9.57 Å². The molecule has 1 aromatic rings. The van der Waals surface area contributed by atoms with E-state index in [0.29, 0.717) is 13.2 Å². The summed E-state index contributed by atoms with van der Waals surface area (Å²) in [5.74, 6) is 1.02. The van der Waals surface area contributed by atoms with E-state index in [-0.39, 0.29) is 0 Å². The molecule has 0 unspecified atom stereocenters. The molecule has 0 aromatic carbocycles. The molecule has 0 aliphatic heterocycles. The van der Waals surface area contributed by atoms with Crippen LogP contribution in [0, 0.1) is 6.92 Å². The highest BCUT2D eigenvalue weighted by molar-refractivity contribution is 4.88. The number of hydrogen-bond donors (Lipinski definition) is 1. The zero-order valence-electron chi connectivity index (χ0n) is 8.69. The lowest BCUT2D eigenvalue weighted by atomic mass is 10.6. The number of hydroxylamine groups is 1. The first-order chi connectivity index (χ1) is 6.84. The molecule has 1 heterocycles. The number of hydrogen-bond acceptors (Lipinski definition) is 4. The second-order valence-electron chi connectivity index (χ2n) is 2.90. The Morgan fingerprint density at radius 1 is 1.50 bits per heavy atom. The topological polar surface area (TPSA) is 48.3 Å². The van der Waals surface area contributed by atoms with Gasteiger partial charge in [-0.25, -0.2) is 10.5 Å². The molecule has 5 heteroatoms. The van der Waals surface area contributed by atoms with Crippen molar-refractivity contribution in [3.8, 4) is 0 Å². The van der Waals surface area contributed by atoms with Crippen LogP contribution in [0.5, 0.6) is 0 Å². The van der Waals surface area contributed by atoms with Crippen molar-refractivity contribution in [2.75, 3.05) is 26.9 Å². The molecule has 5 nitrogen and oxygen atoms in total. The van der Waals surface area contributed by atoms with E-state index in [1.165, 1.54) is 0 Å². The van der Waals surface area contributed by atoms with Crippen LogP contribution in [-0.4, -0.2) is 36.4 Å². The highest BCUT2D eigenvalue weighted by Gasteiger charge is 1.95. The Morgan fingerprint density at radius 3 is 3.00 bits per heavy atom. The molecular weight excluding hydrogens is 182 g/mol. The normalized spacial score (nSPS) is 10.7. The van der Waals surface area contributed by atoms with Crippen LogP contribution >= 0.6 is 0 Å². The molecule has 80 valence electrons. The fourth-order valence-corrected chi connectivity index (χ4v) is 1.08. The van der Waals surface area contributed by atoms with Crippen molar-refractivity contribution in [3.05, 3.63) is 18.2 Å². The lowest BCUT2D eigenvalue weighted by molar-refractivity contribution is 0.00574. The zero-order chi connectivity index (χ0) is 10.2. The smallest absolute Gasteiger partial charge is 0.105 e. The molecule has 0 aliphatic rings. The van der Waals surface area contributed by atoms with Gasteiger partial charge in [-0.1, -0.05) is 0 Å². The Balaban J connectivity index is 2.02. The van der Waals surface area contributed by atoms with Gasteiger partial charge in [-0.05, 0) is 6.92 Å². The molecule has 0 radical (unpaired) electrons. The van der Waals surface area contributed by atoms with Crippen LogP contribution in [0.4, 0.5) is 0 Å². The van der Waals surface area contributed by atoms with Crippen molar-refractivity contribution >= 4 is 0 Å². The molecule has 0 bridgehead atoms. The van der Waals surface area contributed by atoms with Gasteiger partial charge in [0.1, 0.15) is 5.82 Å². The number of aromatic nitrogens is 2. The summed E-state index contributed by atoms with van der Waals surface area (Å²) in [6.07, 6.45) is 3.74. The summed E-state index contributed by atoms with van der Waals surface area (Å²) in [6.45, 7) is 4.78. The van der Waals surface area contributed by atoms with Gasteiger partial charge in [-0.15, -0.1) is 0 Å². The molecule has 0 amide bonds. The second-order valence-corrected chi connectivity index (χ2v) is 2.90. The number of aryl methyl sites for hydroxylation is 1.